The highest BCUT2D eigenvalue weighted by molar-refractivity contribution is 7.07. The number of hydrogen-bond acceptors (Lipinski definition) is 3. The first kappa shape index (κ1) is 13.1. The first-order valence-corrected chi connectivity index (χ1v) is 7.12. The van der Waals surface area contributed by atoms with E-state index in [9.17, 15) is 14.7 Å². The Morgan fingerprint density at radius 2 is 2.06 bits per heavy atom. The summed E-state index contributed by atoms with van der Waals surface area (Å²) in [6.45, 7) is 0. The maximum absolute atomic E-state index is 11.9. The molecule has 1 fully saturated rings. The van der Waals surface area contributed by atoms with Crippen LogP contribution in [-0.4, -0.2) is 22.5 Å². The molecule has 1 aromatic heterocycles. The van der Waals surface area contributed by atoms with E-state index < -0.39 is 11.5 Å². The van der Waals surface area contributed by atoms with Gasteiger partial charge in [0.2, 0.25) is 5.91 Å². The van der Waals surface area contributed by atoms with E-state index in [2.05, 4.69) is 5.32 Å². The highest BCUT2D eigenvalue weighted by Gasteiger charge is 2.40. The highest BCUT2D eigenvalue weighted by Crippen LogP contribution is 2.28. The monoisotopic (exact) mass is 267 g/mol. The number of rotatable bonds is 4. The van der Waals surface area contributed by atoms with Gasteiger partial charge in [0, 0.05) is 0 Å². The third-order valence-corrected chi connectivity index (χ3v) is 4.17. The molecule has 1 aromatic rings. The molecule has 0 aliphatic heterocycles. The van der Waals surface area contributed by atoms with Crippen LogP contribution in [0.25, 0.3) is 0 Å². The predicted molar refractivity (Wildman–Crippen MR) is 69.6 cm³/mol. The van der Waals surface area contributed by atoms with Gasteiger partial charge >= 0.3 is 5.97 Å². The van der Waals surface area contributed by atoms with Crippen LogP contribution in [0.5, 0.6) is 0 Å². The Balaban J connectivity index is 2.00. The molecule has 0 unspecified atom stereocenters. The number of nitrogens with one attached hydrogen (secondary N) is 1. The second kappa shape index (κ2) is 5.52. The van der Waals surface area contributed by atoms with Crippen molar-refractivity contribution in [1.82, 2.24) is 5.32 Å². The van der Waals surface area contributed by atoms with Crippen molar-refractivity contribution in [3.8, 4) is 0 Å². The van der Waals surface area contributed by atoms with Crippen LogP contribution in [0.3, 0.4) is 0 Å². The summed E-state index contributed by atoms with van der Waals surface area (Å²) in [7, 11) is 0. The highest BCUT2D eigenvalue weighted by atomic mass is 32.1. The lowest BCUT2D eigenvalue weighted by molar-refractivity contribution is -0.149. The largest absolute Gasteiger partial charge is 0.480 e. The average molecular weight is 267 g/mol. The zero-order chi connectivity index (χ0) is 13.0. The minimum Gasteiger partial charge on any atom is -0.480 e. The number of carbonyl (C=O) groups is 2. The summed E-state index contributed by atoms with van der Waals surface area (Å²) in [5, 5.41) is 15.9. The van der Waals surface area contributed by atoms with Crippen LogP contribution in [-0.2, 0) is 16.0 Å². The smallest absolute Gasteiger partial charge is 0.329 e. The molecule has 5 heteroatoms. The van der Waals surface area contributed by atoms with Crippen LogP contribution in [0.4, 0.5) is 0 Å². The lowest BCUT2D eigenvalue weighted by atomic mass is 9.81. The molecule has 4 nitrogen and oxygen atoms in total. The molecule has 1 saturated carbocycles. The Morgan fingerprint density at radius 1 is 1.33 bits per heavy atom. The molecule has 0 spiro atoms. The standard InChI is InChI=1S/C13H17NO3S/c15-11(8-10-4-7-18-9-10)14-13(12(16)17)5-2-1-3-6-13/h4,7,9H,1-3,5-6,8H2,(H,14,15)(H,16,17). The normalized spacial score (nSPS) is 18.2. The minimum absolute atomic E-state index is 0.197. The van der Waals surface area contributed by atoms with Crippen molar-refractivity contribution in [3.05, 3.63) is 22.4 Å². The third-order valence-electron chi connectivity index (χ3n) is 3.44. The van der Waals surface area contributed by atoms with E-state index in [1.54, 1.807) is 0 Å². The van der Waals surface area contributed by atoms with Crippen LogP contribution in [0, 0.1) is 0 Å². The maximum atomic E-state index is 11.9. The quantitative estimate of drug-likeness (QED) is 0.878. The number of thiophene rings is 1. The predicted octanol–water partition coefficient (Wildman–Crippen LogP) is 2.19. The van der Waals surface area contributed by atoms with Gasteiger partial charge in [-0.25, -0.2) is 4.79 Å². The van der Waals surface area contributed by atoms with Crippen LogP contribution in [0.1, 0.15) is 37.7 Å². The van der Waals surface area contributed by atoms with Crippen molar-refractivity contribution in [1.29, 1.82) is 0 Å². The van der Waals surface area contributed by atoms with Crippen LogP contribution in [0.15, 0.2) is 16.8 Å². The Hall–Kier alpha value is -1.36. The third kappa shape index (κ3) is 2.90. The molecule has 1 aliphatic rings. The summed E-state index contributed by atoms with van der Waals surface area (Å²) >= 11 is 1.54. The van der Waals surface area contributed by atoms with Gasteiger partial charge in [0.1, 0.15) is 5.54 Å². The molecular weight excluding hydrogens is 250 g/mol. The minimum atomic E-state index is -1.04. The van der Waals surface area contributed by atoms with E-state index in [1.165, 1.54) is 11.3 Å². The summed E-state index contributed by atoms with van der Waals surface area (Å²) in [6, 6.07) is 1.89. The van der Waals surface area contributed by atoms with E-state index in [1.807, 2.05) is 16.8 Å². The van der Waals surface area contributed by atoms with Crippen LogP contribution >= 0.6 is 11.3 Å². The summed E-state index contributed by atoms with van der Waals surface area (Å²) in [5.74, 6) is -1.10. The summed E-state index contributed by atoms with van der Waals surface area (Å²) in [4.78, 5) is 23.3. The lowest BCUT2D eigenvalue weighted by Gasteiger charge is -2.33. The van der Waals surface area contributed by atoms with Crippen molar-refractivity contribution in [3.63, 3.8) is 0 Å². The molecule has 0 bridgehead atoms. The number of carboxylic acid groups (broad SMARTS) is 1. The molecular formula is C13H17NO3S. The van der Waals surface area contributed by atoms with E-state index in [-0.39, 0.29) is 12.3 Å². The van der Waals surface area contributed by atoms with Gasteiger partial charge in [0.25, 0.3) is 0 Å². The molecule has 0 saturated heterocycles. The first-order chi connectivity index (χ1) is 8.62. The van der Waals surface area contributed by atoms with Crippen molar-refractivity contribution >= 4 is 23.2 Å². The van der Waals surface area contributed by atoms with E-state index in [0.29, 0.717) is 12.8 Å². The van der Waals surface area contributed by atoms with Gasteiger partial charge in [-0.15, -0.1) is 0 Å². The zero-order valence-corrected chi connectivity index (χ0v) is 11.0. The Morgan fingerprint density at radius 3 is 2.61 bits per heavy atom. The molecule has 1 aliphatic carbocycles. The van der Waals surface area contributed by atoms with Crippen molar-refractivity contribution in [2.24, 2.45) is 0 Å². The number of carbonyl (C=O) groups excluding carboxylic acids is 1. The molecule has 98 valence electrons. The van der Waals surface area contributed by atoms with Crippen LogP contribution in [0.2, 0.25) is 0 Å². The van der Waals surface area contributed by atoms with Gasteiger partial charge in [-0.1, -0.05) is 19.3 Å². The molecule has 0 atom stereocenters. The fourth-order valence-corrected chi connectivity index (χ4v) is 3.11. The van der Waals surface area contributed by atoms with Gasteiger partial charge in [0.15, 0.2) is 0 Å². The summed E-state index contributed by atoms with van der Waals surface area (Å²) in [5.41, 5.74) is -0.0976. The average Bonchev–Trinajstić information content (AvgIpc) is 2.82. The Labute approximate surface area is 110 Å². The van der Waals surface area contributed by atoms with E-state index in [0.717, 1.165) is 24.8 Å². The fraction of sp³-hybridized carbons (Fsp3) is 0.538. The van der Waals surface area contributed by atoms with Gasteiger partial charge < -0.3 is 10.4 Å². The van der Waals surface area contributed by atoms with E-state index in [4.69, 9.17) is 0 Å². The molecule has 1 amide bonds. The zero-order valence-electron chi connectivity index (χ0n) is 10.1. The number of hydrogen-bond donors (Lipinski definition) is 2. The first-order valence-electron chi connectivity index (χ1n) is 6.18. The van der Waals surface area contributed by atoms with Crippen LogP contribution < -0.4 is 5.32 Å². The Bertz CT molecular complexity index is 421. The molecule has 2 N–H and O–H groups in total. The topological polar surface area (TPSA) is 66.4 Å². The molecule has 0 aromatic carbocycles. The number of carboxylic acids is 1. The number of aliphatic carboxylic acids is 1. The van der Waals surface area contributed by atoms with Gasteiger partial charge in [-0.3, -0.25) is 4.79 Å². The Kier molecular flexibility index (Phi) is 4.01. The summed E-state index contributed by atoms with van der Waals surface area (Å²) < 4.78 is 0. The fourth-order valence-electron chi connectivity index (χ4n) is 2.44. The number of amides is 1. The maximum Gasteiger partial charge on any atom is 0.329 e. The second-order valence-electron chi connectivity index (χ2n) is 4.80. The molecule has 1 heterocycles. The second-order valence-corrected chi connectivity index (χ2v) is 5.58. The van der Waals surface area contributed by atoms with Crippen molar-refractivity contribution in [2.75, 3.05) is 0 Å². The summed E-state index contributed by atoms with van der Waals surface area (Å²) in [6.07, 6.45) is 4.12. The molecule has 2 rings (SSSR count). The van der Waals surface area contributed by atoms with Gasteiger partial charge in [0.05, 0.1) is 6.42 Å². The van der Waals surface area contributed by atoms with Crippen molar-refractivity contribution < 1.29 is 14.7 Å². The lowest BCUT2D eigenvalue weighted by Crippen LogP contribution is -2.55. The van der Waals surface area contributed by atoms with Gasteiger partial charge in [-0.05, 0) is 35.2 Å². The van der Waals surface area contributed by atoms with E-state index >= 15 is 0 Å². The molecule has 18 heavy (non-hydrogen) atoms. The molecule has 0 radical (unpaired) electrons. The SMILES string of the molecule is O=C(Cc1ccsc1)NC1(C(=O)O)CCCCC1. The van der Waals surface area contributed by atoms with Crippen molar-refractivity contribution in [2.45, 2.75) is 44.1 Å². The van der Waals surface area contributed by atoms with Gasteiger partial charge in [-0.2, -0.15) is 11.3 Å².